The zero-order valence-corrected chi connectivity index (χ0v) is 12.9. The van der Waals surface area contributed by atoms with E-state index < -0.39 is 0 Å². The van der Waals surface area contributed by atoms with Crippen LogP contribution < -0.4 is 5.32 Å². The number of carbonyl (C=O) groups excluding carboxylic acids is 1. The first-order valence-electron chi connectivity index (χ1n) is 6.49. The Hall–Kier alpha value is -1.86. The first-order chi connectivity index (χ1) is 9.95. The minimum atomic E-state index is -0.386. The van der Waals surface area contributed by atoms with Gasteiger partial charge in [-0.05, 0) is 20.8 Å². The minimum absolute atomic E-state index is 0.112. The van der Waals surface area contributed by atoms with Crippen molar-refractivity contribution in [1.29, 1.82) is 0 Å². The first-order valence-corrected chi connectivity index (χ1v) is 6.87. The quantitative estimate of drug-likeness (QED) is 0.870. The van der Waals surface area contributed by atoms with Crippen molar-refractivity contribution < 1.29 is 14.4 Å². The van der Waals surface area contributed by atoms with Gasteiger partial charge in [0.15, 0.2) is 5.69 Å². The maximum absolute atomic E-state index is 12.0. The minimum Gasteiger partial charge on any atom is -0.391 e. The lowest BCUT2D eigenvalue weighted by Gasteiger charge is -2.06. The van der Waals surface area contributed by atoms with Crippen molar-refractivity contribution in [1.82, 2.24) is 20.3 Å². The Bertz CT molecular complexity index is 663. The van der Waals surface area contributed by atoms with E-state index in [0.717, 1.165) is 11.4 Å². The highest BCUT2D eigenvalue weighted by Crippen LogP contribution is 2.18. The molecule has 1 amide bonds. The number of nitrogens with zero attached hydrogens (tertiary/aromatic N) is 3. The van der Waals surface area contributed by atoms with Crippen molar-refractivity contribution in [3.63, 3.8) is 0 Å². The van der Waals surface area contributed by atoms with Crippen LogP contribution in [0.25, 0.3) is 0 Å². The van der Waals surface area contributed by atoms with Gasteiger partial charge in [-0.1, -0.05) is 16.8 Å². The normalized spacial score (nSPS) is 10.9. The molecule has 0 spiro atoms. The number of hydrogen-bond donors (Lipinski definition) is 2. The lowest BCUT2D eigenvalue weighted by molar-refractivity contribution is 0.0940. The number of aliphatic hydroxyl groups excluding tert-OH is 1. The molecule has 2 aromatic heterocycles. The Labute approximate surface area is 126 Å². The van der Waals surface area contributed by atoms with E-state index in [1.54, 1.807) is 11.6 Å². The molecule has 0 saturated heterocycles. The molecule has 0 aliphatic rings. The van der Waals surface area contributed by atoms with Gasteiger partial charge in [0, 0.05) is 6.54 Å². The van der Waals surface area contributed by atoms with Crippen LogP contribution in [0.2, 0.25) is 5.02 Å². The number of hydrogen-bond acceptors (Lipinski definition) is 5. The van der Waals surface area contributed by atoms with E-state index >= 15 is 0 Å². The average Bonchev–Trinajstić information content (AvgIpc) is 2.94. The zero-order valence-electron chi connectivity index (χ0n) is 12.1. The summed E-state index contributed by atoms with van der Waals surface area (Å²) in [5.74, 6) is 0.0523. The lowest BCUT2D eigenvalue weighted by atomic mass is 10.2. The molecule has 2 N–H and O–H groups in total. The number of carbonyl (C=O) groups is 1. The van der Waals surface area contributed by atoms with Gasteiger partial charge in [0.05, 0.1) is 35.1 Å². The zero-order chi connectivity index (χ0) is 15.6. The molecular weight excluding hydrogens is 296 g/mol. The van der Waals surface area contributed by atoms with Crippen LogP contribution in [0.3, 0.4) is 0 Å². The summed E-state index contributed by atoms with van der Waals surface area (Å²) in [6.07, 6.45) is 0. The van der Waals surface area contributed by atoms with Gasteiger partial charge in [-0.25, -0.2) is 0 Å². The highest BCUT2D eigenvalue weighted by molar-refractivity contribution is 6.31. The van der Waals surface area contributed by atoms with Gasteiger partial charge >= 0.3 is 0 Å². The number of nitrogens with one attached hydrogen (secondary N) is 1. The number of aliphatic hydroxyl groups is 1. The molecule has 7 nitrogen and oxygen atoms in total. The first kappa shape index (κ1) is 15.5. The van der Waals surface area contributed by atoms with Crippen LogP contribution in [0, 0.1) is 20.8 Å². The van der Waals surface area contributed by atoms with E-state index in [2.05, 4.69) is 15.6 Å². The van der Waals surface area contributed by atoms with Crippen LogP contribution in [0.1, 0.15) is 33.2 Å². The Morgan fingerprint density at radius 2 is 2.14 bits per heavy atom. The summed E-state index contributed by atoms with van der Waals surface area (Å²) >= 11 is 6.06. The Morgan fingerprint density at radius 3 is 2.71 bits per heavy atom. The monoisotopic (exact) mass is 312 g/mol. The highest BCUT2D eigenvalue weighted by atomic mass is 35.5. The number of amides is 1. The van der Waals surface area contributed by atoms with Crippen molar-refractivity contribution in [3.8, 4) is 0 Å². The van der Waals surface area contributed by atoms with Crippen LogP contribution in [-0.2, 0) is 13.2 Å². The summed E-state index contributed by atoms with van der Waals surface area (Å²) in [5.41, 5.74) is 2.13. The van der Waals surface area contributed by atoms with Crippen molar-refractivity contribution in [2.24, 2.45) is 0 Å². The number of aromatic nitrogens is 3. The van der Waals surface area contributed by atoms with Crippen LogP contribution >= 0.6 is 11.6 Å². The van der Waals surface area contributed by atoms with Crippen molar-refractivity contribution >= 4 is 17.5 Å². The fourth-order valence-electron chi connectivity index (χ4n) is 2.01. The molecule has 0 saturated carbocycles. The van der Waals surface area contributed by atoms with E-state index in [-0.39, 0.29) is 18.2 Å². The maximum Gasteiger partial charge on any atom is 0.273 e. The van der Waals surface area contributed by atoms with Crippen molar-refractivity contribution in [3.05, 3.63) is 33.4 Å². The van der Waals surface area contributed by atoms with E-state index in [0.29, 0.717) is 29.4 Å². The summed E-state index contributed by atoms with van der Waals surface area (Å²) in [5, 5.41) is 20.5. The van der Waals surface area contributed by atoms with Crippen molar-refractivity contribution in [2.75, 3.05) is 6.54 Å². The molecule has 21 heavy (non-hydrogen) atoms. The van der Waals surface area contributed by atoms with E-state index in [1.807, 2.05) is 13.8 Å². The van der Waals surface area contributed by atoms with Gasteiger partial charge in [0.2, 0.25) is 0 Å². The number of rotatable bonds is 5. The summed E-state index contributed by atoms with van der Waals surface area (Å²) in [6, 6.07) is 0. The molecule has 114 valence electrons. The Balaban J connectivity index is 1.97. The van der Waals surface area contributed by atoms with E-state index in [9.17, 15) is 9.90 Å². The summed E-state index contributed by atoms with van der Waals surface area (Å²) in [4.78, 5) is 12.0. The standard InChI is InChI=1S/C13H17ClN4O3/c1-7-11(14)8(2)18(16-7)5-4-15-13(20)12-10(6-19)9(3)21-17-12/h19H,4-6H2,1-3H3,(H,15,20). The largest absolute Gasteiger partial charge is 0.391 e. The third kappa shape index (κ3) is 3.08. The molecule has 0 bridgehead atoms. The predicted molar refractivity (Wildman–Crippen MR) is 76.2 cm³/mol. The third-order valence-corrected chi connectivity index (χ3v) is 3.81. The van der Waals surface area contributed by atoms with Gasteiger partial charge in [-0.2, -0.15) is 5.10 Å². The van der Waals surface area contributed by atoms with Gasteiger partial charge < -0.3 is 14.9 Å². The molecule has 0 aliphatic carbocycles. The van der Waals surface area contributed by atoms with Crippen LogP contribution in [-0.4, -0.2) is 32.5 Å². The molecule has 2 heterocycles. The lowest BCUT2D eigenvalue weighted by Crippen LogP contribution is -2.28. The second kappa shape index (κ2) is 6.28. The molecular formula is C13H17ClN4O3. The average molecular weight is 313 g/mol. The summed E-state index contributed by atoms with van der Waals surface area (Å²) < 4.78 is 6.64. The van der Waals surface area contributed by atoms with Crippen LogP contribution in [0.5, 0.6) is 0 Å². The van der Waals surface area contributed by atoms with Gasteiger partial charge in [0.1, 0.15) is 5.76 Å². The van der Waals surface area contributed by atoms with Gasteiger partial charge in [0.25, 0.3) is 5.91 Å². The molecule has 0 fully saturated rings. The fraction of sp³-hybridized carbons (Fsp3) is 0.462. The second-order valence-corrected chi connectivity index (χ2v) is 5.07. The highest BCUT2D eigenvalue weighted by Gasteiger charge is 2.18. The topological polar surface area (TPSA) is 93.2 Å². The number of halogens is 1. The molecule has 0 aliphatic heterocycles. The molecule has 0 unspecified atom stereocenters. The maximum atomic E-state index is 12.0. The van der Waals surface area contributed by atoms with Gasteiger partial charge in [-0.15, -0.1) is 0 Å². The number of aryl methyl sites for hydroxylation is 2. The molecule has 2 rings (SSSR count). The molecule has 0 atom stereocenters. The summed E-state index contributed by atoms with van der Waals surface area (Å²) in [7, 11) is 0. The molecule has 0 aromatic carbocycles. The molecule has 2 aromatic rings. The van der Waals surface area contributed by atoms with E-state index in [4.69, 9.17) is 16.1 Å². The smallest absolute Gasteiger partial charge is 0.273 e. The Morgan fingerprint density at radius 1 is 1.43 bits per heavy atom. The van der Waals surface area contributed by atoms with Crippen LogP contribution in [0.4, 0.5) is 0 Å². The Kier molecular flexibility index (Phi) is 4.64. The molecule has 8 heteroatoms. The molecule has 0 radical (unpaired) electrons. The van der Waals surface area contributed by atoms with Gasteiger partial charge in [-0.3, -0.25) is 9.48 Å². The second-order valence-electron chi connectivity index (χ2n) is 4.69. The predicted octanol–water partition coefficient (Wildman–Crippen LogP) is 1.37. The van der Waals surface area contributed by atoms with Crippen LogP contribution in [0.15, 0.2) is 4.52 Å². The fourth-order valence-corrected chi connectivity index (χ4v) is 2.14. The third-order valence-electron chi connectivity index (χ3n) is 3.26. The van der Waals surface area contributed by atoms with Crippen molar-refractivity contribution in [2.45, 2.75) is 33.9 Å². The van der Waals surface area contributed by atoms with E-state index in [1.165, 1.54) is 0 Å². The SMILES string of the molecule is Cc1nn(CCNC(=O)c2noc(C)c2CO)c(C)c1Cl. The summed E-state index contributed by atoms with van der Waals surface area (Å²) in [6.45, 7) is 5.92.